The first kappa shape index (κ1) is 21.9. The van der Waals surface area contributed by atoms with E-state index in [4.69, 9.17) is 9.47 Å². The molecule has 1 N–H and O–H groups in total. The summed E-state index contributed by atoms with van der Waals surface area (Å²) in [4.78, 5) is 25.2. The van der Waals surface area contributed by atoms with Crippen LogP contribution in [0.4, 0.5) is 0 Å². The summed E-state index contributed by atoms with van der Waals surface area (Å²) in [5.74, 6) is -1.75. The van der Waals surface area contributed by atoms with Gasteiger partial charge >= 0.3 is 11.9 Å². The highest BCUT2D eigenvalue weighted by Crippen LogP contribution is 2.53. The number of esters is 2. The van der Waals surface area contributed by atoms with Crippen LogP contribution in [0.15, 0.2) is 55.1 Å². The lowest BCUT2D eigenvalue weighted by Gasteiger charge is -2.29. The minimum absolute atomic E-state index is 0.0838. The molecule has 1 aromatic rings. The highest BCUT2D eigenvalue weighted by molar-refractivity contribution is 6.00. The Morgan fingerprint density at radius 1 is 1.21 bits per heavy atom. The maximum atomic E-state index is 12.6. The topological polar surface area (TPSA) is 72.8 Å². The van der Waals surface area contributed by atoms with Crippen molar-refractivity contribution < 1.29 is 24.2 Å². The van der Waals surface area contributed by atoms with Crippen LogP contribution in [0.5, 0.6) is 0 Å². The van der Waals surface area contributed by atoms with E-state index in [1.165, 1.54) is 14.2 Å². The van der Waals surface area contributed by atoms with Crippen molar-refractivity contribution in [3.63, 3.8) is 0 Å². The number of aliphatic hydroxyl groups is 1. The van der Waals surface area contributed by atoms with Gasteiger partial charge in [-0.2, -0.15) is 0 Å². The van der Waals surface area contributed by atoms with Crippen molar-refractivity contribution in [1.29, 1.82) is 0 Å². The molecule has 0 amide bonds. The number of ether oxygens (including phenoxy) is 2. The lowest BCUT2D eigenvalue weighted by molar-refractivity contribution is -0.169. The molecule has 1 aliphatic carbocycles. The zero-order valence-corrected chi connectivity index (χ0v) is 16.8. The molecule has 0 bridgehead atoms. The quantitative estimate of drug-likeness (QED) is 0.417. The zero-order valence-electron chi connectivity index (χ0n) is 16.8. The molecular weight excluding hydrogens is 356 g/mol. The third kappa shape index (κ3) is 4.20. The Bertz CT molecular complexity index is 693. The van der Waals surface area contributed by atoms with Gasteiger partial charge in [-0.25, -0.2) is 0 Å². The van der Waals surface area contributed by atoms with Gasteiger partial charge in [0.05, 0.1) is 20.3 Å². The van der Waals surface area contributed by atoms with Crippen molar-refractivity contribution in [1.82, 2.24) is 0 Å². The van der Waals surface area contributed by atoms with Gasteiger partial charge in [0.1, 0.15) is 0 Å². The lowest BCUT2D eigenvalue weighted by Crippen LogP contribution is -2.39. The van der Waals surface area contributed by atoms with Gasteiger partial charge in [-0.1, -0.05) is 55.5 Å². The summed E-state index contributed by atoms with van der Waals surface area (Å²) >= 11 is 0. The number of benzene rings is 1. The number of hydrogen-bond donors (Lipinski definition) is 1. The van der Waals surface area contributed by atoms with E-state index in [-0.39, 0.29) is 24.2 Å². The van der Waals surface area contributed by atoms with Crippen LogP contribution in [0.25, 0.3) is 0 Å². The maximum Gasteiger partial charge on any atom is 0.323 e. The van der Waals surface area contributed by atoms with Crippen molar-refractivity contribution in [3.8, 4) is 0 Å². The summed E-state index contributed by atoms with van der Waals surface area (Å²) in [6.45, 7) is 5.95. The second-order valence-electron chi connectivity index (χ2n) is 7.31. The second kappa shape index (κ2) is 9.69. The molecule has 1 saturated carbocycles. The zero-order chi connectivity index (χ0) is 20.7. The van der Waals surface area contributed by atoms with Crippen molar-refractivity contribution in [2.75, 3.05) is 14.2 Å². The van der Waals surface area contributed by atoms with E-state index in [0.717, 1.165) is 12.0 Å². The van der Waals surface area contributed by atoms with Gasteiger partial charge in [-0.3, -0.25) is 9.59 Å². The molecule has 0 aliphatic heterocycles. The van der Waals surface area contributed by atoms with E-state index in [1.807, 2.05) is 49.4 Å². The molecule has 28 heavy (non-hydrogen) atoms. The van der Waals surface area contributed by atoms with E-state index in [0.29, 0.717) is 6.42 Å². The average Bonchev–Trinajstić information content (AvgIpc) is 3.12. The molecule has 0 radical (unpaired) electrons. The number of carbonyl (C=O) groups is 2. The molecule has 0 heterocycles. The van der Waals surface area contributed by atoms with Gasteiger partial charge in [0.15, 0.2) is 5.41 Å². The molecule has 1 unspecified atom stereocenters. The minimum Gasteiger partial charge on any atom is -0.468 e. The first-order valence-electron chi connectivity index (χ1n) is 9.64. The van der Waals surface area contributed by atoms with Crippen LogP contribution in [-0.4, -0.2) is 31.3 Å². The first-order chi connectivity index (χ1) is 13.4. The summed E-state index contributed by atoms with van der Waals surface area (Å²) < 4.78 is 9.94. The monoisotopic (exact) mass is 386 g/mol. The SMILES string of the molecule is C=C[C@@H](C(O)c1ccccc1)[C@@H]1CC(C(=O)OC)(C(=O)OC)C[C@H]1/C=C/CC. The number of methoxy groups -OCH3 is 2. The molecule has 1 aliphatic rings. The van der Waals surface area contributed by atoms with Crippen molar-refractivity contribution in [2.45, 2.75) is 32.3 Å². The molecule has 0 saturated heterocycles. The Kier molecular flexibility index (Phi) is 7.58. The maximum absolute atomic E-state index is 12.6. The molecule has 1 fully saturated rings. The van der Waals surface area contributed by atoms with E-state index < -0.39 is 23.5 Å². The van der Waals surface area contributed by atoms with Crippen LogP contribution in [0.2, 0.25) is 0 Å². The summed E-state index contributed by atoms with van der Waals surface area (Å²) in [6.07, 6.45) is 6.37. The van der Waals surface area contributed by atoms with Crippen LogP contribution in [0, 0.1) is 23.2 Å². The van der Waals surface area contributed by atoms with E-state index in [2.05, 4.69) is 6.58 Å². The lowest BCUT2D eigenvalue weighted by atomic mass is 9.77. The molecule has 5 heteroatoms. The molecule has 0 spiro atoms. The fourth-order valence-corrected chi connectivity index (χ4v) is 4.35. The normalized spacial score (nSPS) is 23.1. The van der Waals surface area contributed by atoms with E-state index in [9.17, 15) is 14.7 Å². The molecule has 0 aromatic heterocycles. The van der Waals surface area contributed by atoms with Crippen LogP contribution < -0.4 is 0 Å². The number of hydrogen-bond acceptors (Lipinski definition) is 5. The third-order valence-corrected chi connectivity index (χ3v) is 5.76. The van der Waals surface area contributed by atoms with Crippen molar-refractivity contribution in [3.05, 3.63) is 60.7 Å². The standard InChI is InChI=1S/C23H30O5/c1-5-7-11-17-14-23(21(25)27-3,22(26)28-4)15-19(17)18(6-2)20(24)16-12-9-8-10-13-16/h6-13,17-20,24H,2,5,14-15H2,1,3-4H3/b11-7+/t17-,18-,19-,20?/m1/s1. The average molecular weight is 386 g/mol. The molecule has 1 aromatic carbocycles. The van der Waals surface area contributed by atoms with Crippen LogP contribution in [-0.2, 0) is 19.1 Å². The Balaban J connectivity index is 2.45. The predicted molar refractivity (Wildman–Crippen MR) is 107 cm³/mol. The van der Waals surface area contributed by atoms with Crippen LogP contribution in [0.3, 0.4) is 0 Å². The van der Waals surface area contributed by atoms with E-state index in [1.54, 1.807) is 6.08 Å². The van der Waals surface area contributed by atoms with E-state index >= 15 is 0 Å². The number of aliphatic hydroxyl groups excluding tert-OH is 1. The van der Waals surface area contributed by atoms with Gasteiger partial charge in [0.25, 0.3) is 0 Å². The molecule has 4 atom stereocenters. The summed E-state index contributed by atoms with van der Waals surface area (Å²) in [6, 6.07) is 9.35. The Morgan fingerprint density at radius 3 is 2.32 bits per heavy atom. The predicted octanol–water partition coefficient (Wildman–Crippen LogP) is 3.85. The van der Waals surface area contributed by atoms with Crippen LogP contribution >= 0.6 is 0 Å². The Hall–Kier alpha value is -2.40. The third-order valence-electron chi connectivity index (χ3n) is 5.76. The highest BCUT2D eigenvalue weighted by Gasteiger charge is 2.58. The van der Waals surface area contributed by atoms with Gasteiger partial charge in [-0.05, 0) is 36.7 Å². The van der Waals surface area contributed by atoms with Crippen LogP contribution in [0.1, 0.15) is 37.9 Å². The fraction of sp³-hybridized carbons (Fsp3) is 0.478. The minimum atomic E-state index is -1.37. The van der Waals surface area contributed by atoms with Gasteiger partial charge < -0.3 is 14.6 Å². The first-order valence-corrected chi connectivity index (χ1v) is 9.64. The number of rotatable bonds is 8. The summed E-state index contributed by atoms with van der Waals surface area (Å²) in [5, 5.41) is 11.0. The van der Waals surface area contributed by atoms with Gasteiger partial charge in [0, 0.05) is 5.92 Å². The number of allylic oxidation sites excluding steroid dienone is 2. The smallest absolute Gasteiger partial charge is 0.323 e. The molecule has 5 nitrogen and oxygen atoms in total. The molecule has 152 valence electrons. The highest BCUT2D eigenvalue weighted by atomic mass is 16.5. The summed E-state index contributed by atoms with van der Waals surface area (Å²) in [7, 11) is 2.56. The fourth-order valence-electron chi connectivity index (χ4n) is 4.35. The van der Waals surface area contributed by atoms with Crippen molar-refractivity contribution >= 4 is 11.9 Å². The van der Waals surface area contributed by atoms with Gasteiger partial charge in [-0.15, -0.1) is 6.58 Å². The number of carbonyl (C=O) groups excluding carboxylic acids is 2. The Morgan fingerprint density at radius 2 is 1.82 bits per heavy atom. The summed E-state index contributed by atoms with van der Waals surface area (Å²) in [5.41, 5.74) is -0.589. The largest absolute Gasteiger partial charge is 0.468 e. The molecule has 2 rings (SSSR count). The molecular formula is C23H30O5. The Labute approximate surface area is 167 Å². The van der Waals surface area contributed by atoms with Crippen molar-refractivity contribution in [2.24, 2.45) is 23.2 Å². The second-order valence-corrected chi connectivity index (χ2v) is 7.31. The van der Waals surface area contributed by atoms with Gasteiger partial charge in [0.2, 0.25) is 0 Å².